The second kappa shape index (κ2) is 15.8. The van der Waals surface area contributed by atoms with Crippen molar-refractivity contribution >= 4 is 0 Å². The number of fused-ring (bicyclic) bond motifs is 1. The van der Waals surface area contributed by atoms with E-state index in [4.69, 9.17) is 18.9 Å². The fourth-order valence-electron chi connectivity index (χ4n) is 5.80. The Morgan fingerprint density at radius 1 is 0.842 bits per heavy atom. The van der Waals surface area contributed by atoms with E-state index in [-0.39, 0.29) is 0 Å². The molecule has 1 aliphatic rings. The number of nitrogens with zero attached hydrogens (tertiary/aromatic N) is 1. The maximum Gasteiger partial charge on any atom is 0.164 e. The van der Waals surface area contributed by atoms with Crippen LogP contribution in [0.4, 0.5) is 0 Å². The van der Waals surface area contributed by atoms with Gasteiger partial charge in [0, 0.05) is 17.2 Å². The quantitative estimate of drug-likeness (QED) is 0.256. The lowest BCUT2D eigenvalue weighted by atomic mass is 9.86. The highest BCUT2D eigenvalue weighted by Crippen LogP contribution is 2.38. The minimum atomic E-state index is 0.626. The minimum absolute atomic E-state index is 0.626. The molecule has 38 heavy (non-hydrogen) atoms. The summed E-state index contributed by atoms with van der Waals surface area (Å²) in [7, 11) is 6.90. The lowest BCUT2D eigenvalue weighted by Crippen LogP contribution is -2.40. The van der Waals surface area contributed by atoms with Crippen LogP contribution in [0.2, 0.25) is 0 Å². The normalized spacial score (nSPS) is 14.9. The van der Waals surface area contributed by atoms with Gasteiger partial charge in [-0.3, -0.25) is 0 Å². The van der Waals surface area contributed by atoms with E-state index < -0.39 is 0 Å². The third-order valence-corrected chi connectivity index (χ3v) is 7.91. The summed E-state index contributed by atoms with van der Waals surface area (Å²) in [5.74, 6) is 3.57. The summed E-state index contributed by atoms with van der Waals surface area (Å²) >= 11 is 0. The van der Waals surface area contributed by atoms with Crippen molar-refractivity contribution in [1.29, 1.82) is 0 Å². The smallest absolute Gasteiger partial charge is 0.164 e. The number of unbranched alkanes of at least 4 members (excludes halogenated alkanes) is 3. The Morgan fingerprint density at radius 2 is 1.55 bits per heavy atom. The Balaban J connectivity index is 1.35. The molecule has 2 aromatic carbocycles. The third kappa shape index (κ3) is 8.03. The maximum atomic E-state index is 5.70. The van der Waals surface area contributed by atoms with Crippen molar-refractivity contribution in [3.8, 4) is 23.0 Å². The summed E-state index contributed by atoms with van der Waals surface area (Å²) in [5, 5.41) is 3.61. The number of nitrogens with one attached hydrogen (secondary N) is 1. The molecule has 3 rings (SSSR count). The molecule has 0 saturated heterocycles. The van der Waals surface area contributed by atoms with Gasteiger partial charge in [-0.1, -0.05) is 25.8 Å². The van der Waals surface area contributed by atoms with Crippen LogP contribution in [-0.2, 0) is 19.3 Å². The van der Waals surface area contributed by atoms with Gasteiger partial charge in [0.15, 0.2) is 11.5 Å². The molecule has 0 fully saturated rings. The Kier molecular flexibility index (Phi) is 12.6. The topological polar surface area (TPSA) is 52.2 Å². The third-order valence-electron chi connectivity index (χ3n) is 7.91. The van der Waals surface area contributed by atoms with Gasteiger partial charge in [0.2, 0.25) is 0 Å². The fraction of sp³-hybridized carbons (Fsp3) is 0.625. The van der Waals surface area contributed by atoms with Crippen LogP contribution in [0.5, 0.6) is 23.0 Å². The molecule has 0 aromatic heterocycles. The monoisotopic (exact) mass is 526 g/mol. The highest BCUT2D eigenvalue weighted by atomic mass is 16.5. The Morgan fingerprint density at radius 3 is 2.21 bits per heavy atom. The highest BCUT2D eigenvalue weighted by Gasteiger charge is 2.27. The van der Waals surface area contributed by atoms with Crippen LogP contribution < -0.4 is 24.3 Å². The lowest BCUT2D eigenvalue weighted by Gasteiger charge is -2.36. The second-order valence-corrected chi connectivity index (χ2v) is 10.4. The van der Waals surface area contributed by atoms with E-state index in [2.05, 4.69) is 41.4 Å². The van der Waals surface area contributed by atoms with Crippen LogP contribution in [-0.4, -0.2) is 65.6 Å². The molecule has 2 aromatic rings. The van der Waals surface area contributed by atoms with Crippen LogP contribution in [0.1, 0.15) is 67.7 Å². The molecule has 0 radical (unpaired) electrons. The van der Waals surface area contributed by atoms with Crippen molar-refractivity contribution in [1.82, 2.24) is 10.2 Å². The first kappa shape index (κ1) is 30.1. The van der Waals surface area contributed by atoms with E-state index in [1.807, 2.05) is 6.92 Å². The van der Waals surface area contributed by atoms with Crippen molar-refractivity contribution in [2.75, 3.05) is 54.6 Å². The van der Waals surface area contributed by atoms with E-state index in [0.717, 1.165) is 60.9 Å². The molecule has 6 nitrogen and oxygen atoms in total. The summed E-state index contributed by atoms with van der Waals surface area (Å²) in [5.41, 5.74) is 5.07. The lowest BCUT2D eigenvalue weighted by molar-refractivity contribution is 0.175. The number of hydrogen-bond acceptors (Lipinski definition) is 6. The molecule has 0 spiro atoms. The Labute approximate surface area is 231 Å². The Hall–Kier alpha value is -2.44. The van der Waals surface area contributed by atoms with Gasteiger partial charge in [0.25, 0.3) is 0 Å². The predicted octanol–water partition coefficient (Wildman–Crippen LogP) is 5.99. The molecule has 1 aliphatic carbocycles. The van der Waals surface area contributed by atoms with E-state index >= 15 is 0 Å². The SMILES string of the molecule is CCCN(CCCCCCNCCc1cc(OC)c(C)c(OC)c1)C1CCc2c(ccc(OC)c2OC)C1. The largest absolute Gasteiger partial charge is 0.496 e. The zero-order valence-corrected chi connectivity index (χ0v) is 24.7. The maximum absolute atomic E-state index is 5.70. The molecule has 0 aliphatic heterocycles. The van der Waals surface area contributed by atoms with E-state index in [1.54, 1.807) is 28.4 Å². The van der Waals surface area contributed by atoms with Crippen LogP contribution in [0.25, 0.3) is 0 Å². The number of ether oxygens (including phenoxy) is 4. The van der Waals surface area contributed by atoms with Gasteiger partial charge in [0.1, 0.15) is 11.5 Å². The molecule has 0 saturated carbocycles. The van der Waals surface area contributed by atoms with Gasteiger partial charge in [-0.15, -0.1) is 0 Å². The van der Waals surface area contributed by atoms with Crippen molar-refractivity contribution < 1.29 is 18.9 Å². The van der Waals surface area contributed by atoms with Gasteiger partial charge < -0.3 is 29.2 Å². The number of benzene rings is 2. The van der Waals surface area contributed by atoms with Crippen LogP contribution >= 0.6 is 0 Å². The molecule has 1 N–H and O–H groups in total. The van der Waals surface area contributed by atoms with Gasteiger partial charge >= 0.3 is 0 Å². The summed E-state index contributed by atoms with van der Waals surface area (Å²) in [6.07, 6.45) is 10.6. The summed E-state index contributed by atoms with van der Waals surface area (Å²) in [6, 6.07) is 9.18. The van der Waals surface area contributed by atoms with Crippen LogP contribution in [0.3, 0.4) is 0 Å². The zero-order valence-electron chi connectivity index (χ0n) is 24.7. The molecular weight excluding hydrogens is 476 g/mol. The molecule has 1 unspecified atom stereocenters. The number of methoxy groups -OCH3 is 4. The molecule has 212 valence electrons. The molecule has 6 heteroatoms. The molecule has 0 amide bonds. The van der Waals surface area contributed by atoms with Crippen molar-refractivity contribution in [2.24, 2.45) is 0 Å². The minimum Gasteiger partial charge on any atom is -0.496 e. The predicted molar refractivity (Wildman–Crippen MR) is 157 cm³/mol. The fourth-order valence-corrected chi connectivity index (χ4v) is 5.80. The first-order valence-electron chi connectivity index (χ1n) is 14.4. The van der Waals surface area contributed by atoms with Crippen molar-refractivity contribution in [3.05, 3.63) is 46.5 Å². The molecule has 0 heterocycles. The van der Waals surface area contributed by atoms with E-state index in [0.29, 0.717) is 6.04 Å². The second-order valence-electron chi connectivity index (χ2n) is 10.4. The van der Waals surface area contributed by atoms with Crippen LogP contribution in [0.15, 0.2) is 24.3 Å². The Bertz CT molecular complexity index is 969. The van der Waals surface area contributed by atoms with E-state index in [1.165, 1.54) is 68.3 Å². The zero-order chi connectivity index (χ0) is 27.3. The molecular formula is C32H50N2O4. The number of rotatable bonds is 17. The van der Waals surface area contributed by atoms with Crippen molar-refractivity contribution in [2.45, 2.75) is 77.7 Å². The highest BCUT2D eigenvalue weighted by molar-refractivity contribution is 5.52. The summed E-state index contributed by atoms with van der Waals surface area (Å²) < 4.78 is 22.2. The van der Waals surface area contributed by atoms with Gasteiger partial charge in [-0.2, -0.15) is 0 Å². The first-order chi connectivity index (χ1) is 18.6. The van der Waals surface area contributed by atoms with Crippen LogP contribution in [0, 0.1) is 6.92 Å². The van der Waals surface area contributed by atoms with E-state index in [9.17, 15) is 0 Å². The van der Waals surface area contributed by atoms with Gasteiger partial charge in [0.05, 0.1) is 28.4 Å². The first-order valence-corrected chi connectivity index (χ1v) is 14.4. The standard InChI is InChI=1S/C32H50N2O4/c1-7-19-34(27-13-14-28-26(23-27)12-15-29(35-3)32(28)38-6)20-11-9-8-10-17-33-18-16-25-21-30(36-4)24(2)31(22-25)37-5/h12,15,21-22,27,33H,7-11,13-14,16-20,23H2,1-6H3. The summed E-state index contributed by atoms with van der Waals surface area (Å²) in [6.45, 7) is 8.76. The number of hydrogen-bond donors (Lipinski definition) is 1. The average Bonchev–Trinajstić information content (AvgIpc) is 2.95. The summed E-state index contributed by atoms with van der Waals surface area (Å²) in [4.78, 5) is 2.74. The van der Waals surface area contributed by atoms with Crippen molar-refractivity contribution in [3.63, 3.8) is 0 Å². The average molecular weight is 527 g/mol. The van der Waals surface area contributed by atoms with Gasteiger partial charge in [-0.05, 0) is 107 Å². The van der Waals surface area contributed by atoms with Gasteiger partial charge in [-0.25, -0.2) is 0 Å². The molecule has 0 bridgehead atoms. The molecule has 1 atom stereocenters.